The third-order valence-corrected chi connectivity index (χ3v) is 5.21. The van der Waals surface area contributed by atoms with Gasteiger partial charge >= 0.3 is 0 Å². The van der Waals surface area contributed by atoms with Crippen molar-refractivity contribution in [2.24, 2.45) is 0 Å². The van der Waals surface area contributed by atoms with Gasteiger partial charge in [0.15, 0.2) is 0 Å². The summed E-state index contributed by atoms with van der Waals surface area (Å²) in [5.74, 6) is -0.478. The van der Waals surface area contributed by atoms with Crippen LogP contribution in [0.1, 0.15) is 23.0 Å². The average Bonchev–Trinajstić information content (AvgIpc) is 3.02. The first-order chi connectivity index (χ1) is 9.99. The summed E-state index contributed by atoms with van der Waals surface area (Å²) >= 11 is 1.31. The van der Waals surface area contributed by atoms with Crippen LogP contribution in [-0.2, 0) is 4.74 Å². The lowest BCUT2D eigenvalue weighted by Crippen LogP contribution is -2.40. The Hall–Kier alpha value is -1.66. The summed E-state index contributed by atoms with van der Waals surface area (Å²) in [4.78, 5) is 14.8. The summed E-state index contributed by atoms with van der Waals surface area (Å²) in [7, 11) is 1.77. The van der Waals surface area contributed by atoms with Crippen LogP contribution in [0.2, 0.25) is 0 Å². The Morgan fingerprint density at radius 1 is 1.52 bits per heavy atom. The van der Waals surface area contributed by atoms with Gasteiger partial charge in [-0.05, 0) is 31.5 Å². The number of likely N-dealkylation sites (N-methyl/N-ethyl adjacent to an activating group) is 1. The Morgan fingerprint density at radius 3 is 2.95 bits per heavy atom. The summed E-state index contributed by atoms with van der Waals surface area (Å²) in [6.45, 7) is 2.63. The molecule has 1 amide bonds. The van der Waals surface area contributed by atoms with E-state index < -0.39 is 0 Å². The lowest BCUT2D eigenvalue weighted by molar-refractivity contribution is 0.0579. The monoisotopic (exact) mass is 308 g/mol. The number of carbonyl (C=O) groups excluding carboxylic acids is 1. The highest BCUT2D eigenvalue weighted by molar-refractivity contribution is 7.21. The fraction of sp³-hybridized carbons (Fsp3) is 0.400. The molecule has 2 atom stereocenters. The summed E-state index contributed by atoms with van der Waals surface area (Å²) in [5, 5.41) is 0.604. The van der Waals surface area contributed by atoms with Crippen LogP contribution >= 0.6 is 11.3 Å². The molecule has 21 heavy (non-hydrogen) atoms. The fourth-order valence-corrected chi connectivity index (χ4v) is 3.87. The molecule has 0 saturated carbocycles. The predicted molar refractivity (Wildman–Crippen MR) is 82.1 cm³/mol. The van der Waals surface area contributed by atoms with E-state index in [1.807, 2.05) is 6.92 Å². The molecule has 3 rings (SSSR count). The smallest absolute Gasteiger partial charge is 0.266 e. The minimum absolute atomic E-state index is 0.0204. The zero-order valence-electron chi connectivity index (χ0n) is 11.9. The molecule has 6 heteroatoms. The maximum atomic E-state index is 13.3. The number of ether oxygens (including phenoxy) is 1. The zero-order valence-corrected chi connectivity index (χ0v) is 12.7. The molecule has 1 fully saturated rings. The fourth-order valence-electron chi connectivity index (χ4n) is 2.79. The maximum absolute atomic E-state index is 13.3. The van der Waals surface area contributed by atoms with Crippen LogP contribution in [0.4, 0.5) is 10.1 Å². The molecule has 2 N–H and O–H groups in total. The van der Waals surface area contributed by atoms with E-state index in [1.54, 1.807) is 18.0 Å². The van der Waals surface area contributed by atoms with Crippen LogP contribution in [0.3, 0.4) is 0 Å². The van der Waals surface area contributed by atoms with Crippen molar-refractivity contribution in [3.8, 4) is 0 Å². The Labute approximate surface area is 126 Å². The highest BCUT2D eigenvalue weighted by atomic mass is 32.1. The van der Waals surface area contributed by atoms with Crippen LogP contribution in [0.25, 0.3) is 10.1 Å². The molecule has 0 bridgehead atoms. The SMILES string of the molecule is CC1OCCC1N(C)C(=O)c1sc2ccc(F)cc2c1N. The number of thiophene rings is 1. The molecule has 2 aromatic rings. The van der Waals surface area contributed by atoms with Gasteiger partial charge < -0.3 is 15.4 Å². The van der Waals surface area contributed by atoms with Crippen LogP contribution < -0.4 is 5.73 Å². The van der Waals surface area contributed by atoms with Crippen LogP contribution in [0.15, 0.2) is 18.2 Å². The number of hydrogen-bond donors (Lipinski definition) is 1. The molecule has 1 aliphatic heterocycles. The highest BCUT2D eigenvalue weighted by Gasteiger charge is 2.32. The van der Waals surface area contributed by atoms with Gasteiger partial charge in [-0.15, -0.1) is 11.3 Å². The van der Waals surface area contributed by atoms with E-state index in [0.717, 1.165) is 11.1 Å². The van der Waals surface area contributed by atoms with Gasteiger partial charge in [-0.3, -0.25) is 4.79 Å². The number of fused-ring (bicyclic) bond motifs is 1. The lowest BCUT2D eigenvalue weighted by atomic mass is 10.1. The number of anilines is 1. The molecule has 1 aromatic carbocycles. The number of benzene rings is 1. The number of nitrogen functional groups attached to an aromatic ring is 1. The van der Waals surface area contributed by atoms with Gasteiger partial charge in [0.05, 0.1) is 17.8 Å². The molecule has 2 heterocycles. The van der Waals surface area contributed by atoms with Crippen LogP contribution in [-0.4, -0.2) is 36.6 Å². The van der Waals surface area contributed by atoms with E-state index in [1.165, 1.54) is 23.5 Å². The largest absolute Gasteiger partial charge is 0.397 e. The number of carbonyl (C=O) groups is 1. The summed E-state index contributed by atoms with van der Waals surface area (Å²) in [6, 6.07) is 4.46. The second kappa shape index (κ2) is 5.27. The number of nitrogens with zero attached hydrogens (tertiary/aromatic N) is 1. The van der Waals surface area contributed by atoms with E-state index in [0.29, 0.717) is 22.6 Å². The average molecular weight is 308 g/mol. The van der Waals surface area contributed by atoms with E-state index >= 15 is 0 Å². The van der Waals surface area contributed by atoms with Gasteiger partial charge in [0, 0.05) is 23.7 Å². The Morgan fingerprint density at radius 2 is 2.29 bits per heavy atom. The summed E-state index contributed by atoms with van der Waals surface area (Å²) in [5.41, 5.74) is 6.40. The standard InChI is InChI=1S/C15H17FN2O2S/c1-8-11(5-6-20-8)18(2)15(19)14-13(17)10-7-9(16)3-4-12(10)21-14/h3-4,7-8,11H,5-6,17H2,1-2H3. The van der Waals surface area contributed by atoms with Crippen molar-refractivity contribution in [3.63, 3.8) is 0 Å². The van der Waals surface area contributed by atoms with Crippen molar-refractivity contribution in [1.29, 1.82) is 0 Å². The van der Waals surface area contributed by atoms with Gasteiger partial charge in [-0.25, -0.2) is 4.39 Å². The third kappa shape index (κ3) is 2.38. The molecular formula is C15H17FN2O2S. The normalized spacial score (nSPS) is 21.9. The molecule has 1 aromatic heterocycles. The number of nitrogens with two attached hydrogens (primary N) is 1. The predicted octanol–water partition coefficient (Wildman–Crippen LogP) is 2.87. The number of amides is 1. The zero-order chi connectivity index (χ0) is 15.1. The van der Waals surface area contributed by atoms with E-state index in [2.05, 4.69) is 0 Å². The molecule has 0 spiro atoms. The van der Waals surface area contributed by atoms with Crippen molar-refractivity contribution >= 4 is 33.0 Å². The lowest BCUT2D eigenvalue weighted by Gasteiger charge is -2.26. The Bertz CT molecular complexity index is 700. The first-order valence-corrected chi connectivity index (χ1v) is 7.67. The molecule has 0 radical (unpaired) electrons. The van der Waals surface area contributed by atoms with Crippen molar-refractivity contribution in [2.45, 2.75) is 25.5 Å². The second-order valence-corrected chi connectivity index (χ2v) is 6.39. The van der Waals surface area contributed by atoms with Crippen molar-refractivity contribution in [2.75, 3.05) is 19.4 Å². The van der Waals surface area contributed by atoms with E-state index in [-0.39, 0.29) is 23.9 Å². The quantitative estimate of drug-likeness (QED) is 0.928. The van der Waals surface area contributed by atoms with Crippen LogP contribution in [0.5, 0.6) is 0 Å². The van der Waals surface area contributed by atoms with Crippen molar-refractivity contribution in [1.82, 2.24) is 4.90 Å². The van der Waals surface area contributed by atoms with Gasteiger partial charge in [-0.2, -0.15) is 0 Å². The molecule has 2 unspecified atom stereocenters. The van der Waals surface area contributed by atoms with E-state index in [9.17, 15) is 9.18 Å². The van der Waals surface area contributed by atoms with Gasteiger partial charge in [0.25, 0.3) is 5.91 Å². The van der Waals surface area contributed by atoms with Crippen molar-refractivity contribution < 1.29 is 13.9 Å². The Balaban J connectivity index is 1.96. The summed E-state index contributed by atoms with van der Waals surface area (Å²) in [6.07, 6.45) is 0.843. The van der Waals surface area contributed by atoms with Crippen molar-refractivity contribution in [3.05, 3.63) is 28.9 Å². The number of halogens is 1. The minimum Gasteiger partial charge on any atom is -0.397 e. The molecular weight excluding hydrogens is 291 g/mol. The van der Waals surface area contributed by atoms with Gasteiger partial charge in [-0.1, -0.05) is 0 Å². The Kier molecular flexibility index (Phi) is 3.59. The highest BCUT2D eigenvalue weighted by Crippen LogP contribution is 2.35. The van der Waals surface area contributed by atoms with Crippen LogP contribution in [0, 0.1) is 5.82 Å². The van der Waals surface area contributed by atoms with Gasteiger partial charge in [0.1, 0.15) is 10.7 Å². The molecule has 1 aliphatic rings. The minimum atomic E-state index is -0.350. The molecule has 1 saturated heterocycles. The number of hydrogen-bond acceptors (Lipinski definition) is 4. The second-order valence-electron chi connectivity index (χ2n) is 5.33. The maximum Gasteiger partial charge on any atom is 0.266 e. The molecule has 112 valence electrons. The topological polar surface area (TPSA) is 55.6 Å². The molecule has 0 aliphatic carbocycles. The third-order valence-electron chi connectivity index (χ3n) is 4.04. The first-order valence-electron chi connectivity index (χ1n) is 6.85. The van der Waals surface area contributed by atoms with Gasteiger partial charge in [0.2, 0.25) is 0 Å². The number of rotatable bonds is 2. The molecule has 4 nitrogen and oxygen atoms in total. The van der Waals surface area contributed by atoms with E-state index in [4.69, 9.17) is 10.5 Å². The summed E-state index contributed by atoms with van der Waals surface area (Å²) < 4.78 is 19.6. The first kappa shape index (κ1) is 14.3.